The number of aromatic nitrogens is 1. The predicted octanol–water partition coefficient (Wildman–Crippen LogP) is 1.92. The molecule has 1 aromatic heterocycles. The molecule has 1 N–H and O–H groups in total. The average Bonchev–Trinajstić information content (AvgIpc) is 2.40. The van der Waals surface area contributed by atoms with Crippen molar-refractivity contribution in [1.82, 2.24) is 4.98 Å². The highest BCUT2D eigenvalue weighted by Crippen LogP contribution is 2.21. The van der Waals surface area contributed by atoms with E-state index >= 15 is 0 Å². The Morgan fingerprint density at radius 2 is 2.15 bits per heavy atom. The summed E-state index contributed by atoms with van der Waals surface area (Å²) in [7, 11) is 3.22. The Morgan fingerprint density at radius 3 is 2.70 bits per heavy atom. The first-order valence-electron chi connectivity index (χ1n) is 6.15. The van der Waals surface area contributed by atoms with Gasteiger partial charge in [0.1, 0.15) is 5.82 Å². The summed E-state index contributed by atoms with van der Waals surface area (Å²) >= 11 is 5.83. The molecule has 0 saturated heterocycles. The van der Waals surface area contributed by atoms with Crippen LogP contribution in [0.15, 0.2) is 12.1 Å². The standard InChI is InChI=1S/C13H19ClN2O4/c1-9(8-20-3)16(6-7-19-2)11-5-4-10(14)12(15-11)13(17)18/h4-5,9H,6-8H2,1-3H3,(H,17,18). The summed E-state index contributed by atoms with van der Waals surface area (Å²) < 4.78 is 10.2. The van der Waals surface area contributed by atoms with Gasteiger partial charge in [0.05, 0.1) is 24.3 Å². The van der Waals surface area contributed by atoms with E-state index in [1.54, 1.807) is 20.3 Å². The number of pyridine rings is 1. The first-order chi connectivity index (χ1) is 9.51. The van der Waals surface area contributed by atoms with E-state index in [4.69, 9.17) is 26.2 Å². The summed E-state index contributed by atoms with van der Waals surface area (Å²) in [6, 6.07) is 3.26. The van der Waals surface area contributed by atoms with Gasteiger partial charge in [-0.3, -0.25) is 0 Å². The van der Waals surface area contributed by atoms with Gasteiger partial charge in [0.25, 0.3) is 0 Å². The minimum atomic E-state index is -1.15. The molecular weight excluding hydrogens is 284 g/mol. The van der Waals surface area contributed by atoms with Crippen molar-refractivity contribution in [1.29, 1.82) is 0 Å². The summed E-state index contributed by atoms with van der Waals surface area (Å²) in [6.07, 6.45) is 0. The molecule has 0 fully saturated rings. The quantitative estimate of drug-likeness (QED) is 0.791. The van der Waals surface area contributed by atoms with Gasteiger partial charge in [-0.25, -0.2) is 9.78 Å². The highest BCUT2D eigenvalue weighted by molar-refractivity contribution is 6.33. The lowest BCUT2D eigenvalue weighted by atomic mass is 10.2. The number of nitrogens with zero attached hydrogens (tertiary/aromatic N) is 2. The maximum atomic E-state index is 11.1. The normalized spacial score (nSPS) is 12.2. The molecule has 0 aliphatic carbocycles. The predicted molar refractivity (Wildman–Crippen MR) is 76.8 cm³/mol. The van der Waals surface area contributed by atoms with Crippen LogP contribution in [0.1, 0.15) is 17.4 Å². The highest BCUT2D eigenvalue weighted by atomic mass is 35.5. The molecule has 0 saturated carbocycles. The molecule has 0 radical (unpaired) electrons. The third-order valence-corrected chi connectivity index (χ3v) is 3.11. The molecule has 7 heteroatoms. The molecule has 112 valence electrons. The zero-order valence-electron chi connectivity index (χ0n) is 11.8. The van der Waals surface area contributed by atoms with E-state index < -0.39 is 5.97 Å². The second-order valence-electron chi connectivity index (χ2n) is 4.30. The average molecular weight is 303 g/mol. The third-order valence-electron chi connectivity index (χ3n) is 2.80. The number of carboxylic acid groups (broad SMARTS) is 1. The molecule has 20 heavy (non-hydrogen) atoms. The fraction of sp³-hybridized carbons (Fsp3) is 0.538. The van der Waals surface area contributed by atoms with Crippen LogP contribution in [-0.4, -0.2) is 56.1 Å². The van der Waals surface area contributed by atoms with Gasteiger partial charge in [-0.1, -0.05) is 11.6 Å². The molecule has 0 bridgehead atoms. The number of hydrogen-bond donors (Lipinski definition) is 1. The molecule has 0 spiro atoms. The van der Waals surface area contributed by atoms with Crippen LogP contribution in [0.2, 0.25) is 5.02 Å². The Morgan fingerprint density at radius 1 is 1.45 bits per heavy atom. The second kappa shape index (κ2) is 8.04. The minimum Gasteiger partial charge on any atom is -0.476 e. The van der Waals surface area contributed by atoms with Gasteiger partial charge >= 0.3 is 5.97 Å². The number of methoxy groups -OCH3 is 2. The van der Waals surface area contributed by atoms with Crippen molar-refractivity contribution in [2.24, 2.45) is 0 Å². The number of carboxylic acids is 1. The van der Waals surface area contributed by atoms with Crippen LogP contribution < -0.4 is 4.90 Å². The molecule has 1 aromatic rings. The van der Waals surface area contributed by atoms with E-state index in [1.807, 2.05) is 11.8 Å². The van der Waals surface area contributed by atoms with Gasteiger partial charge in [0.2, 0.25) is 0 Å². The van der Waals surface area contributed by atoms with E-state index in [2.05, 4.69) is 4.98 Å². The molecular formula is C13H19ClN2O4. The van der Waals surface area contributed by atoms with Crippen molar-refractivity contribution in [3.05, 3.63) is 22.8 Å². The number of ether oxygens (including phenoxy) is 2. The molecule has 0 aromatic carbocycles. The Labute approximate surface area is 123 Å². The fourth-order valence-corrected chi connectivity index (χ4v) is 2.01. The molecule has 6 nitrogen and oxygen atoms in total. The van der Waals surface area contributed by atoms with Crippen molar-refractivity contribution in [2.75, 3.05) is 38.9 Å². The van der Waals surface area contributed by atoms with E-state index in [0.717, 1.165) is 0 Å². The Kier molecular flexibility index (Phi) is 6.70. The summed E-state index contributed by atoms with van der Waals surface area (Å²) in [6.45, 7) is 3.54. The Balaban J connectivity index is 3.06. The van der Waals surface area contributed by atoms with E-state index in [9.17, 15) is 4.79 Å². The van der Waals surface area contributed by atoms with Crippen molar-refractivity contribution in [3.8, 4) is 0 Å². The van der Waals surface area contributed by atoms with Crippen LogP contribution in [0.3, 0.4) is 0 Å². The first kappa shape index (κ1) is 16.7. The lowest BCUT2D eigenvalue weighted by Crippen LogP contribution is -2.39. The van der Waals surface area contributed by atoms with E-state index in [0.29, 0.717) is 25.6 Å². The van der Waals surface area contributed by atoms with Crippen LogP contribution in [0.4, 0.5) is 5.82 Å². The van der Waals surface area contributed by atoms with Crippen LogP contribution in [-0.2, 0) is 9.47 Å². The zero-order valence-corrected chi connectivity index (χ0v) is 12.6. The summed E-state index contributed by atoms with van der Waals surface area (Å²) in [5.41, 5.74) is -0.156. The number of hydrogen-bond acceptors (Lipinski definition) is 5. The van der Waals surface area contributed by atoms with Crippen molar-refractivity contribution in [3.63, 3.8) is 0 Å². The van der Waals surface area contributed by atoms with Crippen LogP contribution in [0, 0.1) is 0 Å². The number of halogens is 1. The lowest BCUT2D eigenvalue weighted by Gasteiger charge is -2.29. The van der Waals surface area contributed by atoms with Gasteiger partial charge in [-0.2, -0.15) is 0 Å². The molecule has 0 amide bonds. The summed E-state index contributed by atoms with van der Waals surface area (Å²) in [4.78, 5) is 17.1. The molecule has 1 heterocycles. The summed E-state index contributed by atoms with van der Waals surface area (Å²) in [5.74, 6) is -0.615. The first-order valence-corrected chi connectivity index (χ1v) is 6.53. The second-order valence-corrected chi connectivity index (χ2v) is 4.70. The molecule has 1 atom stereocenters. The third kappa shape index (κ3) is 4.33. The zero-order chi connectivity index (χ0) is 15.1. The minimum absolute atomic E-state index is 0.0328. The Bertz CT molecular complexity index is 456. The molecule has 1 rings (SSSR count). The number of aromatic carboxylic acids is 1. The van der Waals surface area contributed by atoms with Gasteiger partial charge < -0.3 is 19.5 Å². The molecule has 0 aliphatic heterocycles. The van der Waals surface area contributed by atoms with Crippen LogP contribution in [0.5, 0.6) is 0 Å². The van der Waals surface area contributed by atoms with E-state index in [1.165, 1.54) is 6.07 Å². The molecule has 1 unspecified atom stereocenters. The number of rotatable bonds is 8. The SMILES string of the molecule is COCCN(c1ccc(Cl)c(C(=O)O)n1)C(C)COC. The number of carbonyl (C=O) groups is 1. The van der Waals surface area contributed by atoms with Crippen molar-refractivity contribution >= 4 is 23.4 Å². The van der Waals surface area contributed by atoms with Gasteiger partial charge in [-0.05, 0) is 19.1 Å². The number of anilines is 1. The molecule has 0 aliphatic rings. The van der Waals surface area contributed by atoms with Crippen molar-refractivity contribution in [2.45, 2.75) is 13.0 Å². The fourth-order valence-electron chi connectivity index (χ4n) is 1.82. The lowest BCUT2D eigenvalue weighted by molar-refractivity contribution is 0.0690. The van der Waals surface area contributed by atoms with Crippen molar-refractivity contribution < 1.29 is 19.4 Å². The topological polar surface area (TPSA) is 71.9 Å². The monoisotopic (exact) mass is 302 g/mol. The largest absolute Gasteiger partial charge is 0.476 e. The van der Waals surface area contributed by atoms with Gasteiger partial charge in [0, 0.05) is 20.8 Å². The van der Waals surface area contributed by atoms with Crippen LogP contribution >= 0.6 is 11.6 Å². The van der Waals surface area contributed by atoms with Gasteiger partial charge in [-0.15, -0.1) is 0 Å². The van der Waals surface area contributed by atoms with Gasteiger partial charge in [0.15, 0.2) is 5.69 Å². The Hall–Kier alpha value is -1.37. The van der Waals surface area contributed by atoms with Crippen LogP contribution in [0.25, 0.3) is 0 Å². The summed E-state index contributed by atoms with van der Waals surface area (Å²) in [5, 5.41) is 9.19. The maximum absolute atomic E-state index is 11.1. The highest BCUT2D eigenvalue weighted by Gasteiger charge is 2.19. The smallest absolute Gasteiger partial charge is 0.356 e. The maximum Gasteiger partial charge on any atom is 0.356 e. The van der Waals surface area contributed by atoms with E-state index in [-0.39, 0.29) is 16.8 Å².